The standard InChI is InChI=1S/C30H45N5O8/c1-5-22-6-8-23(9-7-22)33-29(40)21(4)32-30(41)28(20(2)3)34-25(37)13-16-42-18-19-43-17-14-31-24(36)12-15-35-26(38)10-11-27(35)39/h6-11,20-21,28,30,32,41H,5,12-19H2,1-4H3,(H,31,36)(H,33,40)(H,34,37). The van der Waals surface area contributed by atoms with Crippen LogP contribution in [0.1, 0.15) is 46.1 Å². The zero-order valence-electron chi connectivity index (χ0n) is 25.4. The van der Waals surface area contributed by atoms with E-state index in [0.717, 1.165) is 16.9 Å². The van der Waals surface area contributed by atoms with E-state index in [1.165, 1.54) is 12.2 Å². The van der Waals surface area contributed by atoms with Crippen molar-refractivity contribution < 1.29 is 38.6 Å². The highest BCUT2D eigenvalue weighted by atomic mass is 16.5. The molecule has 0 bridgehead atoms. The molecule has 5 N–H and O–H groups in total. The minimum atomic E-state index is -1.15. The van der Waals surface area contributed by atoms with Crippen molar-refractivity contribution in [3.05, 3.63) is 42.0 Å². The van der Waals surface area contributed by atoms with E-state index in [1.807, 2.05) is 38.1 Å². The highest BCUT2D eigenvalue weighted by Crippen LogP contribution is 2.11. The molecule has 43 heavy (non-hydrogen) atoms. The largest absolute Gasteiger partial charge is 0.379 e. The summed E-state index contributed by atoms with van der Waals surface area (Å²) < 4.78 is 10.8. The lowest BCUT2D eigenvalue weighted by molar-refractivity contribution is -0.137. The molecule has 0 radical (unpaired) electrons. The Hall–Kier alpha value is -3.65. The second-order valence-corrected chi connectivity index (χ2v) is 10.4. The molecule has 238 valence electrons. The number of carbonyl (C=O) groups is 5. The van der Waals surface area contributed by atoms with Gasteiger partial charge in [-0.3, -0.25) is 34.2 Å². The summed E-state index contributed by atoms with van der Waals surface area (Å²) in [6.07, 6.45) is 2.19. The first-order valence-corrected chi connectivity index (χ1v) is 14.6. The Bertz CT molecular complexity index is 1090. The van der Waals surface area contributed by atoms with Crippen LogP contribution in [0.4, 0.5) is 5.69 Å². The summed E-state index contributed by atoms with van der Waals surface area (Å²) in [5, 5.41) is 21.9. The van der Waals surface area contributed by atoms with E-state index in [-0.39, 0.29) is 76.0 Å². The summed E-state index contributed by atoms with van der Waals surface area (Å²) in [4.78, 5) is 60.8. The zero-order chi connectivity index (χ0) is 31.8. The van der Waals surface area contributed by atoms with Crippen molar-refractivity contribution >= 4 is 35.2 Å². The van der Waals surface area contributed by atoms with Crippen LogP contribution in [0.15, 0.2) is 36.4 Å². The first-order valence-electron chi connectivity index (χ1n) is 14.6. The smallest absolute Gasteiger partial charge is 0.253 e. The van der Waals surface area contributed by atoms with Crippen molar-refractivity contribution in [1.82, 2.24) is 20.9 Å². The second-order valence-electron chi connectivity index (χ2n) is 10.4. The maximum absolute atomic E-state index is 12.6. The van der Waals surface area contributed by atoms with Crippen LogP contribution in [-0.2, 0) is 39.9 Å². The second kappa shape index (κ2) is 18.8. The van der Waals surface area contributed by atoms with Gasteiger partial charge in [-0.25, -0.2) is 0 Å². The number of nitrogens with zero attached hydrogens (tertiary/aromatic N) is 1. The number of aliphatic hydroxyl groups excluding tert-OH is 1. The van der Waals surface area contributed by atoms with E-state index < -0.39 is 30.1 Å². The summed E-state index contributed by atoms with van der Waals surface area (Å²) >= 11 is 0. The summed E-state index contributed by atoms with van der Waals surface area (Å²) in [6.45, 7) is 8.62. The molecule has 1 aromatic carbocycles. The van der Waals surface area contributed by atoms with E-state index >= 15 is 0 Å². The van der Waals surface area contributed by atoms with E-state index in [0.29, 0.717) is 5.69 Å². The van der Waals surface area contributed by atoms with E-state index in [1.54, 1.807) is 6.92 Å². The maximum atomic E-state index is 12.6. The molecule has 1 aromatic rings. The lowest BCUT2D eigenvalue weighted by Gasteiger charge is -2.30. The monoisotopic (exact) mass is 603 g/mol. The quantitative estimate of drug-likeness (QED) is 0.0806. The Balaban J connectivity index is 1.56. The molecule has 1 heterocycles. The molecule has 0 aliphatic carbocycles. The Morgan fingerprint density at radius 1 is 0.884 bits per heavy atom. The molecule has 1 aliphatic heterocycles. The Morgan fingerprint density at radius 3 is 2.12 bits per heavy atom. The van der Waals surface area contributed by atoms with Crippen molar-refractivity contribution in [2.45, 2.75) is 65.3 Å². The van der Waals surface area contributed by atoms with Crippen LogP contribution in [-0.4, -0.2) is 97.4 Å². The third-order valence-corrected chi connectivity index (χ3v) is 6.71. The first kappa shape index (κ1) is 35.5. The van der Waals surface area contributed by atoms with Crippen LogP contribution in [0, 0.1) is 5.92 Å². The Kier molecular flexibility index (Phi) is 15.5. The number of ether oxygens (including phenoxy) is 2. The summed E-state index contributed by atoms with van der Waals surface area (Å²) in [6, 6.07) is 6.22. The third-order valence-electron chi connectivity index (χ3n) is 6.71. The number of rotatable bonds is 20. The fourth-order valence-corrected chi connectivity index (χ4v) is 4.08. The van der Waals surface area contributed by atoms with E-state index in [4.69, 9.17) is 9.47 Å². The van der Waals surface area contributed by atoms with E-state index in [9.17, 15) is 29.1 Å². The summed E-state index contributed by atoms with van der Waals surface area (Å²) in [7, 11) is 0. The van der Waals surface area contributed by atoms with Crippen molar-refractivity contribution in [3.8, 4) is 0 Å². The van der Waals surface area contributed by atoms with Gasteiger partial charge >= 0.3 is 0 Å². The predicted molar refractivity (Wildman–Crippen MR) is 160 cm³/mol. The number of carbonyl (C=O) groups excluding carboxylic acids is 5. The van der Waals surface area contributed by atoms with Gasteiger partial charge in [-0.2, -0.15) is 0 Å². The van der Waals surface area contributed by atoms with Crippen LogP contribution in [0.3, 0.4) is 0 Å². The van der Waals surface area contributed by atoms with Gasteiger partial charge in [0, 0.05) is 43.8 Å². The summed E-state index contributed by atoms with van der Waals surface area (Å²) in [5.41, 5.74) is 1.83. The molecule has 5 amide bonds. The number of hydrogen-bond acceptors (Lipinski definition) is 9. The lowest BCUT2D eigenvalue weighted by atomic mass is 10.0. The van der Waals surface area contributed by atoms with Crippen molar-refractivity contribution in [2.24, 2.45) is 5.92 Å². The molecule has 13 heteroatoms. The van der Waals surface area contributed by atoms with Crippen LogP contribution in [0.2, 0.25) is 0 Å². The lowest BCUT2D eigenvalue weighted by Crippen LogP contribution is -2.56. The third kappa shape index (κ3) is 13.0. The normalized spacial score (nSPS) is 15.0. The van der Waals surface area contributed by atoms with Gasteiger partial charge < -0.3 is 30.5 Å². The van der Waals surface area contributed by atoms with Gasteiger partial charge in [0.2, 0.25) is 17.7 Å². The van der Waals surface area contributed by atoms with Gasteiger partial charge in [-0.15, -0.1) is 0 Å². The molecule has 0 saturated heterocycles. The molecule has 0 fully saturated rings. The van der Waals surface area contributed by atoms with Gasteiger partial charge in [0.25, 0.3) is 11.8 Å². The molecule has 1 aliphatic rings. The molecular weight excluding hydrogens is 558 g/mol. The topological polar surface area (TPSA) is 175 Å². The molecular formula is C30H45N5O8. The maximum Gasteiger partial charge on any atom is 0.253 e. The molecule has 0 saturated carbocycles. The van der Waals surface area contributed by atoms with Crippen LogP contribution < -0.4 is 21.3 Å². The number of imide groups is 1. The van der Waals surface area contributed by atoms with Crippen molar-refractivity contribution in [2.75, 3.05) is 44.8 Å². The summed E-state index contributed by atoms with van der Waals surface area (Å²) in [5.74, 6) is -1.86. The van der Waals surface area contributed by atoms with E-state index in [2.05, 4.69) is 28.2 Å². The SMILES string of the molecule is CCc1ccc(NC(=O)C(C)NC(O)C(NC(=O)CCOCCOCCNC(=O)CCN2C(=O)C=CC2=O)C(C)C)cc1. The van der Waals surface area contributed by atoms with Crippen molar-refractivity contribution in [1.29, 1.82) is 0 Å². The fourth-order valence-electron chi connectivity index (χ4n) is 4.08. The van der Waals surface area contributed by atoms with Crippen LogP contribution in [0.25, 0.3) is 0 Å². The highest BCUT2D eigenvalue weighted by Gasteiger charge is 2.27. The molecule has 13 nitrogen and oxygen atoms in total. The number of benzene rings is 1. The molecule has 3 unspecified atom stereocenters. The number of aryl methyl sites for hydroxylation is 1. The number of nitrogens with one attached hydrogen (secondary N) is 4. The Labute approximate surface area is 252 Å². The van der Waals surface area contributed by atoms with Gasteiger partial charge in [0.15, 0.2) is 0 Å². The predicted octanol–water partition coefficient (Wildman–Crippen LogP) is 0.479. The number of anilines is 1. The number of aliphatic hydroxyl groups is 1. The fraction of sp³-hybridized carbons (Fsp3) is 0.567. The Morgan fingerprint density at radius 2 is 1.51 bits per heavy atom. The first-order chi connectivity index (χ1) is 20.5. The van der Waals surface area contributed by atoms with Gasteiger partial charge in [-0.1, -0.05) is 32.9 Å². The molecule has 2 rings (SSSR count). The average molecular weight is 604 g/mol. The molecule has 3 atom stereocenters. The highest BCUT2D eigenvalue weighted by molar-refractivity contribution is 6.13. The number of hydrogen-bond donors (Lipinski definition) is 5. The molecule has 0 aromatic heterocycles. The minimum Gasteiger partial charge on any atom is -0.379 e. The van der Waals surface area contributed by atoms with Gasteiger partial charge in [0.1, 0.15) is 6.23 Å². The number of amides is 5. The van der Waals surface area contributed by atoms with Crippen LogP contribution >= 0.6 is 0 Å². The molecule has 0 spiro atoms. The van der Waals surface area contributed by atoms with Crippen LogP contribution in [0.5, 0.6) is 0 Å². The van der Waals surface area contributed by atoms with Gasteiger partial charge in [0.05, 0.1) is 38.5 Å². The minimum absolute atomic E-state index is 0.0114. The average Bonchev–Trinajstić information content (AvgIpc) is 3.30. The zero-order valence-corrected chi connectivity index (χ0v) is 25.4. The van der Waals surface area contributed by atoms with Crippen molar-refractivity contribution in [3.63, 3.8) is 0 Å². The van der Waals surface area contributed by atoms with Gasteiger partial charge in [-0.05, 0) is 37.0 Å².